The predicted octanol–water partition coefficient (Wildman–Crippen LogP) is 2.64. The van der Waals surface area contributed by atoms with Crippen molar-refractivity contribution >= 4 is 0 Å². The molecule has 2 aromatic rings. The lowest BCUT2D eigenvalue weighted by Crippen LogP contribution is -1.90. The van der Waals surface area contributed by atoms with E-state index in [2.05, 4.69) is 11.1 Å². The van der Waals surface area contributed by atoms with E-state index in [-0.39, 0.29) is 0 Å². The molecule has 0 aliphatic heterocycles. The molecular formula is C14H12N2O2. The lowest BCUT2D eigenvalue weighted by Gasteiger charge is -2.07. The second-order valence-electron chi connectivity index (χ2n) is 3.61. The molecule has 0 fully saturated rings. The van der Waals surface area contributed by atoms with Crippen LogP contribution < -0.4 is 9.47 Å². The maximum atomic E-state index is 9.11. The van der Waals surface area contributed by atoms with Crippen LogP contribution in [-0.2, 0) is 0 Å². The third-order valence-corrected chi connectivity index (χ3v) is 2.60. The van der Waals surface area contributed by atoms with E-state index in [0.717, 1.165) is 11.1 Å². The Morgan fingerprint density at radius 1 is 1.11 bits per heavy atom. The van der Waals surface area contributed by atoms with Crippen molar-refractivity contribution in [3.05, 3.63) is 42.1 Å². The molecule has 2 rings (SSSR count). The Bertz CT molecular complexity index is 586. The summed E-state index contributed by atoms with van der Waals surface area (Å²) < 4.78 is 10.2. The Kier molecular flexibility index (Phi) is 3.44. The van der Waals surface area contributed by atoms with Crippen LogP contribution in [-0.4, -0.2) is 19.2 Å². The molecule has 1 heterocycles. The first-order valence-corrected chi connectivity index (χ1v) is 5.37. The van der Waals surface area contributed by atoms with Crippen molar-refractivity contribution in [1.82, 2.24) is 4.98 Å². The monoisotopic (exact) mass is 240 g/mol. The van der Waals surface area contributed by atoms with Crippen LogP contribution in [0, 0.1) is 11.3 Å². The summed E-state index contributed by atoms with van der Waals surface area (Å²) in [6.45, 7) is 0. The summed E-state index contributed by atoms with van der Waals surface area (Å²) in [5.41, 5.74) is 2.24. The molecular weight excluding hydrogens is 228 g/mol. The molecule has 4 nitrogen and oxygen atoms in total. The zero-order chi connectivity index (χ0) is 13.0. The first-order chi connectivity index (χ1) is 8.78. The van der Waals surface area contributed by atoms with Gasteiger partial charge >= 0.3 is 0 Å². The van der Waals surface area contributed by atoms with E-state index in [0.29, 0.717) is 17.2 Å². The number of ether oxygens (including phenoxy) is 2. The summed E-state index contributed by atoms with van der Waals surface area (Å²) >= 11 is 0. The second-order valence-corrected chi connectivity index (χ2v) is 3.61. The summed E-state index contributed by atoms with van der Waals surface area (Å²) in [6, 6.07) is 11.1. The van der Waals surface area contributed by atoms with Crippen molar-refractivity contribution in [2.75, 3.05) is 14.2 Å². The number of hydrogen-bond donors (Lipinski definition) is 0. The average molecular weight is 240 g/mol. The lowest BCUT2D eigenvalue weighted by molar-refractivity contribution is 0.398. The van der Waals surface area contributed by atoms with Gasteiger partial charge in [-0.2, -0.15) is 5.26 Å². The van der Waals surface area contributed by atoms with Crippen LogP contribution in [0.4, 0.5) is 0 Å². The first-order valence-electron chi connectivity index (χ1n) is 5.37. The quantitative estimate of drug-likeness (QED) is 0.827. The summed E-state index contributed by atoms with van der Waals surface area (Å²) in [5.74, 6) is 1.25. The second kappa shape index (κ2) is 5.19. The number of benzene rings is 1. The minimum Gasteiger partial charge on any atom is -0.497 e. The fourth-order valence-electron chi connectivity index (χ4n) is 1.65. The number of hydrogen-bond acceptors (Lipinski definition) is 4. The van der Waals surface area contributed by atoms with Crippen LogP contribution in [0.5, 0.6) is 11.6 Å². The molecule has 0 saturated heterocycles. The summed E-state index contributed by atoms with van der Waals surface area (Å²) in [6.07, 6.45) is 1.68. The van der Waals surface area contributed by atoms with E-state index in [1.807, 2.05) is 12.1 Å². The van der Waals surface area contributed by atoms with Gasteiger partial charge in [0.25, 0.3) is 0 Å². The van der Waals surface area contributed by atoms with Gasteiger partial charge < -0.3 is 9.47 Å². The molecule has 1 aromatic carbocycles. The van der Waals surface area contributed by atoms with Crippen LogP contribution in [0.3, 0.4) is 0 Å². The van der Waals surface area contributed by atoms with Crippen LogP contribution in [0.2, 0.25) is 0 Å². The molecule has 0 N–H and O–H groups in total. The van der Waals surface area contributed by atoms with Gasteiger partial charge in [0.05, 0.1) is 25.9 Å². The number of methoxy groups -OCH3 is 2. The highest BCUT2D eigenvalue weighted by molar-refractivity contribution is 5.71. The lowest BCUT2D eigenvalue weighted by atomic mass is 10.0. The largest absolute Gasteiger partial charge is 0.497 e. The molecule has 4 heteroatoms. The van der Waals surface area contributed by atoms with Crippen LogP contribution in [0.25, 0.3) is 11.1 Å². The molecule has 90 valence electrons. The molecule has 1 aromatic heterocycles. The Labute approximate surface area is 105 Å². The smallest absolute Gasteiger partial charge is 0.212 e. The highest BCUT2D eigenvalue weighted by Gasteiger charge is 2.07. The summed E-state index contributed by atoms with van der Waals surface area (Å²) in [4.78, 5) is 4.13. The Morgan fingerprint density at radius 3 is 2.50 bits per heavy atom. The van der Waals surface area contributed by atoms with Gasteiger partial charge in [0.2, 0.25) is 5.88 Å². The highest BCUT2D eigenvalue weighted by Crippen LogP contribution is 2.27. The molecule has 0 amide bonds. The van der Waals surface area contributed by atoms with Crippen LogP contribution >= 0.6 is 0 Å². The molecule has 0 aliphatic rings. The van der Waals surface area contributed by atoms with Gasteiger partial charge in [-0.15, -0.1) is 0 Å². The first kappa shape index (κ1) is 11.9. The Hall–Kier alpha value is -2.54. The van der Waals surface area contributed by atoms with Crippen molar-refractivity contribution in [3.63, 3.8) is 0 Å². The highest BCUT2D eigenvalue weighted by atomic mass is 16.5. The Morgan fingerprint density at radius 2 is 1.94 bits per heavy atom. The van der Waals surface area contributed by atoms with Crippen LogP contribution in [0.15, 0.2) is 36.5 Å². The molecule has 0 aliphatic carbocycles. The van der Waals surface area contributed by atoms with Gasteiger partial charge in [-0.3, -0.25) is 0 Å². The van der Waals surface area contributed by atoms with Crippen molar-refractivity contribution in [1.29, 1.82) is 5.26 Å². The minimum atomic E-state index is 0.542. The zero-order valence-corrected chi connectivity index (χ0v) is 10.2. The van der Waals surface area contributed by atoms with Gasteiger partial charge in [-0.05, 0) is 24.3 Å². The van der Waals surface area contributed by atoms with E-state index in [1.165, 1.54) is 0 Å². The molecule has 0 unspecified atom stereocenters. The number of pyridine rings is 1. The summed E-state index contributed by atoms with van der Waals surface area (Å²) in [5, 5.41) is 9.11. The zero-order valence-electron chi connectivity index (χ0n) is 10.2. The van der Waals surface area contributed by atoms with Gasteiger partial charge in [0.15, 0.2) is 0 Å². The van der Waals surface area contributed by atoms with Gasteiger partial charge in [0.1, 0.15) is 5.75 Å². The standard InChI is InChI=1S/C14H12N2O2/c1-17-12-5-3-10(8-15)13(7-12)11-4-6-14(18-2)16-9-11/h3-7,9H,1-2H3. The maximum absolute atomic E-state index is 9.11. The van der Waals surface area contributed by atoms with E-state index in [9.17, 15) is 0 Å². The minimum absolute atomic E-state index is 0.542. The third kappa shape index (κ3) is 2.25. The van der Waals surface area contributed by atoms with Crippen molar-refractivity contribution < 1.29 is 9.47 Å². The van der Waals surface area contributed by atoms with E-state index < -0.39 is 0 Å². The topological polar surface area (TPSA) is 55.1 Å². The maximum Gasteiger partial charge on any atom is 0.212 e. The fourth-order valence-corrected chi connectivity index (χ4v) is 1.65. The van der Waals surface area contributed by atoms with Crippen LogP contribution in [0.1, 0.15) is 5.56 Å². The van der Waals surface area contributed by atoms with Gasteiger partial charge in [0, 0.05) is 23.4 Å². The number of nitriles is 1. The van der Waals surface area contributed by atoms with Gasteiger partial charge in [-0.1, -0.05) is 0 Å². The number of rotatable bonds is 3. The predicted molar refractivity (Wildman–Crippen MR) is 67.5 cm³/mol. The molecule has 0 saturated carbocycles. The fraction of sp³-hybridized carbons (Fsp3) is 0.143. The summed E-state index contributed by atoms with van der Waals surface area (Å²) in [7, 11) is 3.16. The normalized spacial score (nSPS) is 9.61. The van der Waals surface area contributed by atoms with E-state index in [4.69, 9.17) is 14.7 Å². The van der Waals surface area contributed by atoms with Crippen molar-refractivity contribution in [2.24, 2.45) is 0 Å². The third-order valence-electron chi connectivity index (χ3n) is 2.60. The molecule has 18 heavy (non-hydrogen) atoms. The molecule has 0 spiro atoms. The molecule has 0 atom stereocenters. The molecule has 0 radical (unpaired) electrons. The number of aromatic nitrogens is 1. The van der Waals surface area contributed by atoms with E-state index >= 15 is 0 Å². The van der Waals surface area contributed by atoms with Crippen molar-refractivity contribution in [2.45, 2.75) is 0 Å². The molecule has 0 bridgehead atoms. The van der Waals surface area contributed by atoms with Gasteiger partial charge in [-0.25, -0.2) is 4.98 Å². The van der Waals surface area contributed by atoms with E-state index in [1.54, 1.807) is 38.6 Å². The Balaban J connectivity index is 2.50. The average Bonchev–Trinajstić information content (AvgIpc) is 2.46. The van der Waals surface area contributed by atoms with Crippen molar-refractivity contribution in [3.8, 4) is 28.8 Å². The SMILES string of the molecule is COc1ccc(C#N)c(-c2ccc(OC)nc2)c1. The number of nitrogens with zero attached hydrogens (tertiary/aromatic N) is 2.